The quantitative estimate of drug-likeness (QED) is 0.666. The highest BCUT2D eigenvalue weighted by Crippen LogP contribution is 2.78. The van der Waals surface area contributed by atoms with Gasteiger partial charge in [-0.25, -0.2) is 4.98 Å². The number of hydrogen-bond donors (Lipinski definition) is 1. The van der Waals surface area contributed by atoms with Crippen molar-refractivity contribution >= 4 is 17.2 Å². The summed E-state index contributed by atoms with van der Waals surface area (Å²) in [6.07, 6.45) is 4.79. The first-order valence-electron chi connectivity index (χ1n) is 10.7. The fourth-order valence-corrected chi connectivity index (χ4v) is 8.39. The predicted molar refractivity (Wildman–Crippen MR) is 108 cm³/mol. The summed E-state index contributed by atoms with van der Waals surface area (Å²) in [4.78, 5) is 17.3. The van der Waals surface area contributed by atoms with Crippen LogP contribution in [0.25, 0.3) is 10.6 Å². The molecule has 30 heavy (non-hydrogen) atoms. The van der Waals surface area contributed by atoms with Crippen LogP contribution in [0.15, 0.2) is 30.5 Å². The van der Waals surface area contributed by atoms with Crippen molar-refractivity contribution < 1.29 is 18.0 Å². The average molecular weight is 433 g/mol. The van der Waals surface area contributed by atoms with Crippen LogP contribution in [0, 0.1) is 28.6 Å². The molecule has 0 saturated heterocycles. The van der Waals surface area contributed by atoms with Crippen molar-refractivity contribution in [2.45, 2.75) is 44.7 Å². The Morgan fingerprint density at radius 1 is 1.17 bits per heavy atom. The molecule has 1 amide bonds. The van der Waals surface area contributed by atoms with Crippen LogP contribution in [0.1, 0.15) is 53.8 Å². The van der Waals surface area contributed by atoms with Gasteiger partial charge in [-0.1, -0.05) is 18.2 Å². The first-order chi connectivity index (χ1) is 14.3. The molecule has 3 nitrogen and oxygen atoms in total. The number of nitrogens with one attached hydrogen (secondary N) is 1. The monoisotopic (exact) mass is 432 g/mol. The SMILES string of the molecule is O=C(NCC12CC3CC4CC(C1)C4(C3)C2)c1cnc(-c2ccccc2C(F)(F)F)s1. The molecule has 4 fully saturated rings. The molecule has 4 aliphatic rings. The topological polar surface area (TPSA) is 42.0 Å². The average Bonchev–Trinajstić information content (AvgIpc) is 3.31. The fourth-order valence-electron chi connectivity index (χ4n) is 7.52. The maximum absolute atomic E-state index is 13.3. The second-order valence-electron chi connectivity index (χ2n) is 10.0. The highest BCUT2D eigenvalue weighted by molar-refractivity contribution is 7.16. The Balaban J connectivity index is 1.18. The van der Waals surface area contributed by atoms with Crippen molar-refractivity contribution in [3.8, 4) is 10.6 Å². The van der Waals surface area contributed by atoms with Crippen molar-refractivity contribution in [2.24, 2.45) is 28.6 Å². The summed E-state index contributed by atoms with van der Waals surface area (Å²) in [6, 6.07) is 5.38. The van der Waals surface area contributed by atoms with Crippen molar-refractivity contribution in [1.29, 1.82) is 0 Å². The van der Waals surface area contributed by atoms with E-state index < -0.39 is 11.7 Å². The molecular weight excluding hydrogens is 409 g/mol. The Labute approximate surface area is 177 Å². The standard InChI is InChI=1S/C23H23F3N2OS/c24-23(25,26)17-4-2-1-3-16(17)20-27-10-18(30-20)19(29)28-12-21-7-13-5-14-6-15(9-21)22(14,8-13)11-21/h1-4,10,13-15H,5-9,11-12H2,(H,28,29). The molecule has 1 N–H and O–H groups in total. The molecule has 2 aromatic rings. The molecule has 0 aliphatic heterocycles. The molecule has 0 radical (unpaired) electrons. The van der Waals surface area contributed by atoms with Crippen molar-refractivity contribution in [3.05, 3.63) is 40.9 Å². The lowest BCUT2D eigenvalue weighted by Gasteiger charge is -2.49. The van der Waals surface area contributed by atoms with E-state index in [2.05, 4.69) is 10.3 Å². The summed E-state index contributed by atoms with van der Waals surface area (Å²) in [5, 5.41) is 3.34. The van der Waals surface area contributed by atoms with Crippen LogP contribution in [0.2, 0.25) is 0 Å². The van der Waals surface area contributed by atoms with Gasteiger partial charge in [-0.3, -0.25) is 4.79 Å². The van der Waals surface area contributed by atoms with E-state index >= 15 is 0 Å². The predicted octanol–water partition coefficient (Wildman–Crippen LogP) is 5.78. The number of halogens is 3. The molecular formula is C23H23F3N2OS. The second kappa shape index (κ2) is 6.09. The highest BCUT2D eigenvalue weighted by atomic mass is 32.1. The Kier molecular flexibility index (Phi) is 3.82. The minimum absolute atomic E-state index is 0.0222. The van der Waals surface area contributed by atoms with E-state index in [0.717, 1.165) is 35.2 Å². The van der Waals surface area contributed by atoms with Crippen LogP contribution in [-0.2, 0) is 6.18 Å². The van der Waals surface area contributed by atoms with E-state index in [-0.39, 0.29) is 21.9 Å². The maximum atomic E-state index is 13.3. The number of rotatable bonds is 4. The summed E-state index contributed by atoms with van der Waals surface area (Å²) >= 11 is 1.03. The number of fused-ring (bicyclic) bond motifs is 2. The molecule has 158 valence electrons. The number of amides is 1. The van der Waals surface area contributed by atoms with E-state index in [4.69, 9.17) is 0 Å². The van der Waals surface area contributed by atoms with Crippen LogP contribution >= 0.6 is 11.3 Å². The van der Waals surface area contributed by atoms with Crippen molar-refractivity contribution in [3.63, 3.8) is 0 Å². The van der Waals surface area contributed by atoms with E-state index in [9.17, 15) is 18.0 Å². The van der Waals surface area contributed by atoms with Gasteiger partial charge in [0.2, 0.25) is 0 Å². The zero-order chi connectivity index (χ0) is 20.7. The van der Waals surface area contributed by atoms with Crippen molar-refractivity contribution in [2.75, 3.05) is 6.54 Å². The minimum Gasteiger partial charge on any atom is -0.351 e. The molecule has 1 heterocycles. The number of thiazole rings is 1. The van der Waals surface area contributed by atoms with Crippen LogP contribution in [0.5, 0.6) is 0 Å². The first-order valence-corrected chi connectivity index (χ1v) is 11.5. The largest absolute Gasteiger partial charge is 0.417 e. The minimum atomic E-state index is -4.46. The highest BCUT2D eigenvalue weighted by Gasteiger charge is 2.70. The number of alkyl halides is 3. The maximum Gasteiger partial charge on any atom is 0.417 e. The van der Waals surface area contributed by atoms with Crippen LogP contribution in [-0.4, -0.2) is 17.4 Å². The number of nitrogens with zero attached hydrogens (tertiary/aromatic N) is 1. The third-order valence-corrected chi connectivity index (χ3v) is 9.43. The second-order valence-corrected chi connectivity index (χ2v) is 11.0. The van der Waals surface area contributed by atoms with Crippen LogP contribution < -0.4 is 5.32 Å². The number of aromatic nitrogens is 1. The van der Waals surface area contributed by atoms with E-state index in [0.29, 0.717) is 16.8 Å². The van der Waals surface area contributed by atoms with Gasteiger partial charge in [0.1, 0.15) is 9.88 Å². The Morgan fingerprint density at radius 2 is 2.00 bits per heavy atom. The van der Waals surface area contributed by atoms with E-state index in [1.54, 1.807) is 6.07 Å². The summed E-state index contributed by atoms with van der Waals surface area (Å²) in [6.45, 7) is 0.680. The summed E-state index contributed by atoms with van der Waals surface area (Å²) in [5.74, 6) is 2.37. The van der Waals surface area contributed by atoms with Gasteiger partial charge >= 0.3 is 6.18 Å². The normalized spacial score (nSPS) is 35.9. The van der Waals surface area contributed by atoms with Gasteiger partial charge in [-0.05, 0) is 73.2 Å². The van der Waals surface area contributed by atoms with Crippen LogP contribution in [0.3, 0.4) is 0 Å². The lowest BCUT2D eigenvalue weighted by atomic mass is 9.55. The van der Waals surface area contributed by atoms with Crippen molar-refractivity contribution in [1.82, 2.24) is 10.3 Å². The smallest absolute Gasteiger partial charge is 0.351 e. The lowest BCUT2D eigenvalue weighted by molar-refractivity contribution is -0.137. The van der Waals surface area contributed by atoms with Gasteiger partial charge in [0.15, 0.2) is 0 Å². The molecule has 3 bridgehead atoms. The third kappa shape index (κ3) is 2.63. The van der Waals surface area contributed by atoms with E-state index in [1.807, 2.05) is 0 Å². The molecule has 7 heteroatoms. The number of benzene rings is 1. The molecule has 4 aliphatic carbocycles. The van der Waals surface area contributed by atoms with Gasteiger partial charge in [-0.15, -0.1) is 11.3 Å². The lowest BCUT2D eigenvalue weighted by Crippen LogP contribution is -2.42. The van der Waals surface area contributed by atoms with Crippen LogP contribution in [0.4, 0.5) is 13.2 Å². The number of carbonyl (C=O) groups is 1. The third-order valence-electron chi connectivity index (χ3n) is 8.40. The molecule has 1 spiro atoms. The fraction of sp³-hybridized carbons (Fsp3) is 0.565. The zero-order valence-corrected chi connectivity index (χ0v) is 17.3. The zero-order valence-electron chi connectivity index (χ0n) is 16.5. The summed E-state index contributed by atoms with van der Waals surface area (Å²) < 4.78 is 39.9. The molecule has 6 rings (SSSR count). The Morgan fingerprint density at radius 3 is 2.83 bits per heavy atom. The Bertz CT molecular complexity index is 1030. The van der Waals surface area contributed by atoms with Gasteiger partial charge in [-0.2, -0.15) is 13.2 Å². The molecule has 4 saturated carbocycles. The van der Waals surface area contributed by atoms with Gasteiger partial charge in [0, 0.05) is 12.1 Å². The number of hydrogen-bond acceptors (Lipinski definition) is 3. The summed E-state index contributed by atoms with van der Waals surface area (Å²) in [5.41, 5.74) is 0.101. The molecule has 5 atom stereocenters. The van der Waals surface area contributed by atoms with Gasteiger partial charge in [0.25, 0.3) is 5.91 Å². The number of carbonyl (C=O) groups excluding carboxylic acids is 1. The Hall–Kier alpha value is -1.89. The van der Waals surface area contributed by atoms with Gasteiger partial charge < -0.3 is 5.32 Å². The van der Waals surface area contributed by atoms with Gasteiger partial charge in [0.05, 0.1) is 11.8 Å². The van der Waals surface area contributed by atoms with E-state index in [1.165, 1.54) is 56.9 Å². The molecule has 5 unspecified atom stereocenters. The molecule has 1 aromatic carbocycles. The molecule has 1 aromatic heterocycles. The first kappa shape index (κ1) is 18.8. The summed E-state index contributed by atoms with van der Waals surface area (Å²) in [7, 11) is 0.